The summed E-state index contributed by atoms with van der Waals surface area (Å²) in [7, 11) is 1.39. The summed E-state index contributed by atoms with van der Waals surface area (Å²) < 4.78 is 10.3. The zero-order valence-corrected chi connectivity index (χ0v) is 13.3. The Bertz CT molecular complexity index is 527. The van der Waals surface area contributed by atoms with E-state index < -0.39 is 0 Å². The normalized spacial score (nSPS) is 15.5. The van der Waals surface area contributed by atoms with E-state index in [4.69, 9.17) is 21.1 Å². The molecule has 1 amide bonds. The van der Waals surface area contributed by atoms with Crippen LogP contribution in [0, 0.1) is 5.92 Å². The van der Waals surface area contributed by atoms with Crippen molar-refractivity contribution in [3.63, 3.8) is 0 Å². The summed E-state index contributed by atoms with van der Waals surface area (Å²) in [5.74, 6) is 0.347. The van der Waals surface area contributed by atoms with Gasteiger partial charge in [0.2, 0.25) is 5.91 Å². The fourth-order valence-electron chi connectivity index (χ4n) is 2.50. The van der Waals surface area contributed by atoms with Gasteiger partial charge in [0.15, 0.2) is 0 Å². The molecule has 22 heavy (non-hydrogen) atoms. The Labute approximate surface area is 135 Å². The van der Waals surface area contributed by atoms with E-state index in [1.165, 1.54) is 7.11 Å². The van der Waals surface area contributed by atoms with Gasteiger partial charge in [-0.15, -0.1) is 0 Å². The molecule has 5 nitrogen and oxygen atoms in total. The predicted molar refractivity (Wildman–Crippen MR) is 82.9 cm³/mol. The van der Waals surface area contributed by atoms with E-state index in [-0.39, 0.29) is 17.8 Å². The SMILES string of the molecule is COC(=O)C1CCN(C(=O)CCOc2ccccc2Cl)CC1. The summed E-state index contributed by atoms with van der Waals surface area (Å²) in [6, 6.07) is 7.18. The number of benzene rings is 1. The second kappa shape index (κ2) is 8.03. The lowest BCUT2D eigenvalue weighted by Crippen LogP contribution is -2.40. The van der Waals surface area contributed by atoms with E-state index in [0.29, 0.717) is 49.7 Å². The molecule has 0 atom stereocenters. The van der Waals surface area contributed by atoms with Crippen molar-refractivity contribution in [2.45, 2.75) is 19.3 Å². The fraction of sp³-hybridized carbons (Fsp3) is 0.500. The zero-order valence-electron chi connectivity index (χ0n) is 12.6. The van der Waals surface area contributed by atoms with Crippen LogP contribution in [0.2, 0.25) is 5.02 Å². The lowest BCUT2D eigenvalue weighted by molar-refractivity contribution is -0.149. The molecule has 1 aliphatic rings. The first-order chi connectivity index (χ1) is 10.6. The molecule has 1 heterocycles. The minimum Gasteiger partial charge on any atom is -0.491 e. The van der Waals surface area contributed by atoms with Gasteiger partial charge >= 0.3 is 5.97 Å². The third-order valence-electron chi connectivity index (χ3n) is 3.79. The molecular formula is C16H20ClNO4. The molecule has 2 rings (SSSR count). The number of para-hydroxylation sites is 1. The number of likely N-dealkylation sites (tertiary alicyclic amines) is 1. The molecule has 0 spiro atoms. The number of methoxy groups -OCH3 is 1. The van der Waals surface area contributed by atoms with Crippen LogP contribution < -0.4 is 4.74 Å². The van der Waals surface area contributed by atoms with Gasteiger partial charge in [0.05, 0.1) is 31.1 Å². The zero-order chi connectivity index (χ0) is 15.9. The van der Waals surface area contributed by atoms with Crippen molar-refractivity contribution in [1.82, 2.24) is 4.90 Å². The quantitative estimate of drug-likeness (QED) is 0.781. The molecule has 1 aliphatic heterocycles. The second-order valence-electron chi connectivity index (χ2n) is 5.21. The van der Waals surface area contributed by atoms with Gasteiger partial charge in [-0.25, -0.2) is 0 Å². The number of carbonyl (C=O) groups excluding carboxylic acids is 2. The number of piperidine rings is 1. The summed E-state index contributed by atoms with van der Waals surface area (Å²) in [6.07, 6.45) is 1.61. The standard InChI is InChI=1S/C16H20ClNO4/c1-21-16(20)12-6-9-18(10-7-12)15(19)8-11-22-14-5-3-2-4-13(14)17/h2-5,12H,6-11H2,1H3. The highest BCUT2D eigenvalue weighted by Gasteiger charge is 2.27. The Morgan fingerprint density at radius 3 is 2.59 bits per heavy atom. The highest BCUT2D eigenvalue weighted by molar-refractivity contribution is 6.32. The van der Waals surface area contributed by atoms with Crippen molar-refractivity contribution in [2.24, 2.45) is 5.92 Å². The third-order valence-corrected chi connectivity index (χ3v) is 4.10. The Kier molecular flexibility index (Phi) is 6.07. The van der Waals surface area contributed by atoms with E-state index in [2.05, 4.69) is 0 Å². The molecule has 0 aliphatic carbocycles. The van der Waals surface area contributed by atoms with E-state index in [1.807, 2.05) is 12.1 Å². The molecule has 0 bridgehead atoms. The van der Waals surface area contributed by atoms with Gasteiger partial charge in [-0.2, -0.15) is 0 Å². The maximum atomic E-state index is 12.1. The molecular weight excluding hydrogens is 306 g/mol. The lowest BCUT2D eigenvalue weighted by Gasteiger charge is -2.30. The molecule has 1 fully saturated rings. The smallest absolute Gasteiger partial charge is 0.308 e. The van der Waals surface area contributed by atoms with Crippen LogP contribution in [0.25, 0.3) is 0 Å². The molecule has 0 N–H and O–H groups in total. The summed E-state index contributed by atoms with van der Waals surface area (Å²) in [5.41, 5.74) is 0. The van der Waals surface area contributed by atoms with Gasteiger partial charge in [-0.05, 0) is 25.0 Å². The lowest BCUT2D eigenvalue weighted by atomic mass is 9.97. The van der Waals surface area contributed by atoms with Gasteiger partial charge in [-0.3, -0.25) is 9.59 Å². The first-order valence-corrected chi connectivity index (χ1v) is 7.72. The van der Waals surface area contributed by atoms with Crippen LogP contribution in [0.5, 0.6) is 5.75 Å². The maximum Gasteiger partial charge on any atom is 0.308 e. The van der Waals surface area contributed by atoms with Crippen molar-refractivity contribution < 1.29 is 19.1 Å². The molecule has 1 aromatic rings. The van der Waals surface area contributed by atoms with Crippen LogP contribution in [0.15, 0.2) is 24.3 Å². The van der Waals surface area contributed by atoms with Gasteiger partial charge in [0.1, 0.15) is 5.75 Å². The summed E-state index contributed by atoms with van der Waals surface area (Å²) in [4.78, 5) is 25.3. The first kappa shape index (κ1) is 16.6. The Balaban J connectivity index is 1.72. The van der Waals surface area contributed by atoms with Crippen LogP contribution in [0.1, 0.15) is 19.3 Å². The summed E-state index contributed by atoms with van der Waals surface area (Å²) >= 11 is 5.98. The first-order valence-electron chi connectivity index (χ1n) is 7.34. The van der Waals surface area contributed by atoms with E-state index in [1.54, 1.807) is 17.0 Å². The summed E-state index contributed by atoms with van der Waals surface area (Å²) in [6.45, 7) is 1.47. The minimum absolute atomic E-state index is 0.0374. The number of esters is 1. The summed E-state index contributed by atoms with van der Waals surface area (Å²) in [5, 5.41) is 0.536. The number of hydrogen-bond acceptors (Lipinski definition) is 4. The van der Waals surface area contributed by atoms with Crippen molar-refractivity contribution in [3.05, 3.63) is 29.3 Å². The third kappa shape index (κ3) is 4.37. The van der Waals surface area contributed by atoms with Crippen molar-refractivity contribution >= 4 is 23.5 Å². The van der Waals surface area contributed by atoms with Crippen molar-refractivity contribution in [3.8, 4) is 5.75 Å². The predicted octanol–water partition coefficient (Wildman–Crippen LogP) is 2.52. The molecule has 0 saturated carbocycles. The van der Waals surface area contributed by atoms with Crippen molar-refractivity contribution in [1.29, 1.82) is 0 Å². The average Bonchev–Trinajstić information content (AvgIpc) is 2.56. The fourth-order valence-corrected chi connectivity index (χ4v) is 2.69. The van der Waals surface area contributed by atoms with Crippen LogP contribution in [-0.2, 0) is 14.3 Å². The topological polar surface area (TPSA) is 55.8 Å². The van der Waals surface area contributed by atoms with Crippen LogP contribution in [-0.4, -0.2) is 43.6 Å². The van der Waals surface area contributed by atoms with Gasteiger partial charge in [0.25, 0.3) is 0 Å². The minimum atomic E-state index is -0.186. The molecule has 120 valence electrons. The molecule has 1 saturated heterocycles. The van der Waals surface area contributed by atoms with Gasteiger partial charge in [0, 0.05) is 13.1 Å². The number of amides is 1. The number of ether oxygens (including phenoxy) is 2. The van der Waals surface area contributed by atoms with E-state index >= 15 is 0 Å². The van der Waals surface area contributed by atoms with Crippen LogP contribution in [0.4, 0.5) is 0 Å². The molecule has 1 aromatic carbocycles. The van der Waals surface area contributed by atoms with Crippen LogP contribution >= 0.6 is 11.6 Å². The number of nitrogens with zero attached hydrogens (tertiary/aromatic N) is 1. The van der Waals surface area contributed by atoms with E-state index in [0.717, 1.165) is 0 Å². The largest absolute Gasteiger partial charge is 0.491 e. The monoisotopic (exact) mass is 325 g/mol. The molecule has 6 heteroatoms. The van der Waals surface area contributed by atoms with E-state index in [9.17, 15) is 9.59 Å². The van der Waals surface area contributed by atoms with Crippen molar-refractivity contribution in [2.75, 3.05) is 26.8 Å². The number of halogens is 1. The van der Waals surface area contributed by atoms with Gasteiger partial charge < -0.3 is 14.4 Å². The maximum absolute atomic E-state index is 12.1. The Morgan fingerprint density at radius 1 is 1.27 bits per heavy atom. The van der Waals surface area contributed by atoms with Crippen LogP contribution in [0.3, 0.4) is 0 Å². The number of hydrogen-bond donors (Lipinski definition) is 0. The van der Waals surface area contributed by atoms with Gasteiger partial charge in [-0.1, -0.05) is 23.7 Å². The highest BCUT2D eigenvalue weighted by atomic mass is 35.5. The molecule has 0 aromatic heterocycles. The number of rotatable bonds is 5. The molecule has 0 radical (unpaired) electrons. The Morgan fingerprint density at radius 2 is 1.95 bits per heavy atom. The molecule has 0 unspecified atom stereocenters. The second-order valence-corrected chi connectivity index (χ2v) is 5.61. The number of carbonyl (C=O) groups is 2. The Hall–Kier alpha value is -1.75. The average molecular weight is 326 g/mol. The highest BCUT2D eigenvalue weighted by Crippen LogP contribution is 2.23.